The van der Waals surface area contributed by atoms with E-state index in [9.17, 15) is 31.1 Å². The predicted octanol–water partition coefficient (Wildman–Crippen LogP) is 4.88. The van der Waals surface area contributed by atoms with Crippen molar-refractivity contribution in [2.24, 2.45) is 7.05 Å². The molecule has 0 aliphatic carbocycles. The van der Waals surface area contributed by atoms with Crippen molar-refractivity contribution in [2.45, 2.75) is 19.3 Å². The number of nitrogens with one attached hydrogen (secondary N) is 1. The number of thiophene rings is 1. The minimum absolute atomic E-state index is 0.00125. The lowest BCUT2D eigenvalue weighted by Crippen LogP contribution is -2.10. The Morgan fingerprint density at radius 2 is 1.81 bits per heavy atom. The van der Waals surface area contributed by atoms with Crippen molar-refractivity contribution in [2.75, 3.05) is 5.32 Å². The van der Waals surface area contributed by atoms with E-state index in [1.54, 1.807) is 0 Å². The van der Waals surface area contributed by atoms with Gasteiger partial charge in [0.15, 0.2) is 16.5 Å². The molecule has 0 fully saturated rings. The van der Waals surface area contributed by atoms with E-state index in [2.05, 4.69) is 20.5 Å². The molecule has 0 aliphatic rings. The van der Waals surface area contributed by atoms with Gasteiger partial charge in [-0.15, -0.1) is 11.3 Å². The van der Waals surface area contributed by atoms with Crippen LogP contribution < -0.4 is 5.32 Å². The maximum absolute atomic E-state index is 13.1. The van der Waals surface area contributed by atoms with Crippen molar-refractivity contribution in [3.63, 3.8) is 0 Å². The fourth-order valence-electron chi connectivity index (χ4n) is 2.76. The van der Waals surface area contributed by atoms with Crippen LogP contribution in [-0.2, 0) is 19.4 Å². The van der Waals surface area contributed by atoms with Gasteiger partial charge in [0.1, 0.15) is 9.83 Å². The van der Waals surface area contributed by atoms with E-state index >= 15 is 0 Å². The Morgan fingerprint density at radius 1 is 1.10 bits per heavy atom. The lowest BCUT2D eigenvalue weighted by molar-refractivity contribution is -0.141. The van der Waals surface area contributed by atoms with Crippen molar-refractivity contribution in [1.82, 2.24) is 24.5 Å². The Bertz CT molecular complexity index is 1290. The van der Waals surface area contributed by atoms with Crippen molar-refractivity contribution in [3.8, 4) is 5.00 Å². The molecule has 4 heterocycles. The number of carbonyl (C=O) groups is 1. The van der Waals surface area contributed by atoms with E-state index in [-0.39, 0.29) is 25.2 Å². The molecule has 4 rings (SSSR count). The number of aryl methyl sites for hydroxylation is 2. The number of thiazole rings is 1. The van der Waals surface area contributed by atoms with Gasteiger partial charge in [-0.05, 0) is 19.1 Å². The van der Waals surface area contributed by atoms with Crippen LogP contribution in [0.1, 0.15) is 26.8 Å². The summed E-state index contributed by atoms with van der Waals surface area (Å²) in [6.07, 6.45) is -8.16. The summed E-state index contributed by atoms with van der Waals surface area (Å²) >= 11 is 1.70. The molecular weight excluding hydrogens is 470 g/mol. The minimum atomic E-state index is -4.67. The normalized spacial score (nSPS) is 12.6. The summed E-state index contributed by atoms with van der Waals surface area (Å²) in [5, 5.41) is 9.49. The smallest absolute Gasteiger partial charge is 0.297 e. The molecule has 164 valence electrons. The summed E-state index contributed by atoms with van der Waals surface area (Å²) < 4.78 is 79.6. The minimum Gasteiger partial charge on any atom is -0.297 e. The predicted molar refractivity (Wildman–Crippen MR) is 101 cm³/mol. The summed E-state index contributed by atoms with van der Waals surface area (Å²) in [5.41, 5.74) is -1.85. The number of rotatable bonds is 3. The third-order valence-electron chi connectivity index (χ3n) is 4.08. The van der Waals surface area contributed by atoms with Crippen LogP contribution in [0.2, 0.25) is 0 Å². The number of halogens is 6. The molecule has 31 heavy (non-hydrogen) atoms. The number of carbonyl (C=O) groups excluding carboxylic acids is 1. The SMILES string of the molecule is Cc1nc(NC(=O)c2cc3c(C(F)(F)F)nn(C)c3s2)sc1-n1ccc(C(F)(F)F)n1. The molecule has 0 aromatic carbocycles. The molecule has 7 nitrogen and oxygen atoms in total. The lowest BCUT2D eigenvalue weighted by atomic mass is 10.3. The molecule has 4 aromatic rings. The molecule has 0 aliphatic heterocycles. The highest BCUT2D eigenvalue weighted by Crippen LogP contribution is 2.38. The molecule has 15 heteroatoms. The molecule has 0 radical (unpaired) electrons. The Labute approximate surface area is 176 Å². The Morgan fingerprint density at radius 3 is 2.42 bits per heavy atom. The highest BCUT2D eigenvalue weighted by Gasteiger charge is 2.37. The van der Waals surface area contributed by atoms with Gasteiger partial charge in [0.25, 0.3) is 5.91 Å². The number of hydrogen-bond acceptors (Lipinski definition) is 6. The number of anilines is 1. The van der Waals surface area contributed by atoms with E-state index in [0.717, 1.165) is 50.4 Å². The van der Waals surface area contributed by atoms with Crippen LogP contribution in [0.5, 0.6) is 0 Å². The van der Waals surface area contributed by atoms with Gasteiger partial charge in [-0.2, -0.15) is 36.5 Å². The second-order valence-corrected chi connectivity index (χ2v) is 8.31. The van der Waals surface area contributed by atoms with Gasteiger partial charge >= 0.3 is 12.4 Å². The second-order valence-electron chi connectivity index (χ2n) is 6.31. The van der Waals surface area contributed by atoms with Crippen LogP contribution in [0.4, 0.5) is 31.5 Å². The molecule has 1 amide bonds. The second kappa shape index (κ2) is 7.05. The number of fused-ring (bicyclic) bond motifs is 1. The standard InChI is InChI=1S/C16H10F6N6OS2/c1-6-12(28-4-3-9(25-28)15(17,18)19)31-14(23-6)24-11(29)8-5-7-10(16(20,21)22)26-27(2)13(7)30-8/h3-5H,1-2H3,(H,23,24,29). The molecule has 0 saturated heterocycles. The van der Waals surface area contributed by atoms with Gasteiger partial charge in [0.05, 0.1) is 10.6 Å². The zero-order valence-electron chi connectivity index (χ0n) is 15.5. The van der Waals surface area contributed by atoms with Gasteiger partial charge in [-0.3, -0.25) is 14.8 Å². The van der Waals surface area contributed by atoms with Crippen LogP contribution in [0.25, 0.3) is 15.2 Å². The third kappa shape index (κ3) is 3.89. The molecular formula is C16H10F6N6OS2. The third-order valence-corrected chi connectivity index (χ3v) is 6.35. The van der Waals surface area contributed by atoms with Crippen molar-refractivity contribution in [1.29, 1.82) is 0 Å². The zero-order valence-corrected chi connectivity index (χ0v) is 17.1. The number of nitrogens with zero attached hydrogens (tertiary/aromatic N) is 5. The largest absolute Gasteiger partial charge is 0.435 e. The monoisotopic (exact) mass is 480 g/mol. The average molecular weight is 480 g/mol. The maximum Gasteiger partial charge on any atom is 0.435 e. The summed E-state index contributed by atoms with van der Waals surface area (Å²) in [6.45, 7) is 1.52. The Kier molecular flexibility index (Phi) is 4.84. The molecule has 0 bridgehead atoms. The Balaban J connectivity index is 1.60. The summed E-state index contributed by atoms with van der Waals surface area (Å²) in [7, 11) is 1.34. The van der Waals surface area contributed by atoms with E-state index in [0.29, 0.717) is 5.69 Å². The molecule has 4 aromatic heterocycles. The van der Waals surface area contributed by atoms with Gasteiger partial charge in [-0.1, -0.05) is 11.3 Å². The molecule has 0 saturated carbocycles. The molecule has 1 N–H and O–H groups in total. The fourth-order valence-corrected chi connectivity index (χ4v) is 4.63. The van der Waals surface area contributed by atoms with Gasteiger partial charge < -0.3 is 0 Å². The molecule has 0 spiro atoms. The first kappa shape index (κ1) is 21.3. The van der Waals surface area contributed by atoms with Crippen LogP contribution in [0, 0.1) is 6.92 Å². The quantitative estimate of drug-likeness (QED) is 0.424. The topological polar surface area (TPSA) is 77.6 Å². The fraction of sp³-hybridized carbons (Fsp3) is 0.250. The summed E-state index contributed by atoms with van der Waals surface area (Å²) in [6, 6.07) is 1.90. The van der Waals surface area contributed by atoms with Gasteiger partial charge in [0.2, 0.25) is 0 Å². The van der Waals surface area contributed by atoms with E-state index in [1.807, 2.05) is 0 Å². The van der Waals surface area contributed by atoms with E-state index < -0.39 is 29.6 Å². The lowest BCUT2D eigenvalue weighted by Gasteiger charge is -2.01. The summed E-state index contributed by atoms with van der Waals surface area (Å²) in [5.74, 6) is -0.703. The van der Waals surface area contributed by atoms with Gasteiger partial charge in [0, 0.05) is 18.6 Å². The van der Waals surface area contributed by atoms with E-state index in [1.165, 1.54) is 14.0 Å². The number of alkyl halides is 6. The Hall–Kier alpha value is -2.94. The highest BCUT2D eigenvalue weighted by molar-refractivity contribution is 7.21. The first-order chi connectivity index (χ1) is 14.3. The van der Waals surface area contributed by atoms with Crippen molar-refractivity contribution in [3.05, 3.63) is 40.3 Å². The van der Waals surface area contributed by atoms with Crippen LogP contribution >= 0.6 is 22.7 Å². The van der Waals surface area contributed by atoms with Crippen LogP contribution in [0.15, 0.2) is 18.3 Å². The first-order valence-electron chi connectivity index (χ1n) is 8.30. The zero-order chi connectivity index (χ0) is 22.7. The highest BCUT2D eigenvalue weighted by atomic mass is 32.1. The number of hydrogen-bond donors (Lipinski definition) is 1. The van der Waals surface area contributed by atoms with Crippen LogP contribution in [-0.4, -0.2) is 30.5 Å². The van der Waals surface area contributed by atoms with Crippen LogP contribution in [0.3, 0.4) is 0 Å². The summed E-state index contributed by atoms with van der Waals surface area (Å²) in [4.78, 5) is 16.8. The van der Waals surface area contributed by atoms with Crippen molar-refractivity contribution >= 4 is 43.9 Å². The average Bonchev–Trinajstić information content (AvgIpc) is 3.38. The van der Waals surface area contributed by atoms with Crippen molar-refractivity contribution < 1.29 is 31.1 Å². The van der Waals surface area contributed by atoms with Gasteiger partial charge in [-0.25, -0.2) is 9.67 Å². The number of amides is 1. The number of aromatic nitrogens is 5. The maximum atomic E-state index is 13.1. The first-order valence-corrected chi connectivity index (χ1v) is 9.93. The van der Waals surface area contributed by atoms with E-state index in [4.69, 9.17) is 0 Å². The molecule has 0 atom stereocenters. The molecule has 0 unspecified atom stereocenters.